The van der Waals surface area contributed by atoms with Crippen LogP contribution in [0.5, 0.6) is 0 Å². The van der Waals surface area contributed by atoms with Crippen LogP contribution in [0.15, 0.2) is 27.1 Å². The van der Waals surface area contributed by atoms with E-state index in [-0.39, 0.29) is 0 Å². The van der Waals surface area contributed by atoms with Gasteiger partial charge in [-0.3, -0.25) is 0 Å². The maximum Gasteiger partial charge on any atom is 0.278 e. The minimum absolute atomic E-state index is 0.550. The molecule has 5 heteroatoms. The van der Waals surface area contributed by atoms with Crippen LogP contribution in [0, 0.1) is 10.8 Å². The van der Waals surface area contributed by atoms with Crippen molar-refractivity contribution in [2.24, 2.45) is 0 Å². The molecule has 0 saturated heterocycles. The predicted molar refractivity (Wildman–Crippen MR) is 64.9 cm³/mol. The summed E-state index contributed by atoms with van der Waals surface area (Å²) in [6.45, 7) is 2.03. The molecule has 0 aliphatic rings. The number of aryl methyl sites for hydroxylation is 1. The van der Waals surface area contributed by atoms with E-state index in [9.17, 15) is 0 Å². The van der Waals surface area contributed by atoms with E-state index in [1.807, 2.05) is 47.7 Å². The van der Waals surface area contributed by atoms with Crippen LogP contribution in [0.4, 0.5) is 0 Å². The summed E-state index contributed by atoms with van der Waals surface area (Å²) in [5, 5.41) is 7.71. The van der Waals surface area contributed by atoms with E-state index in [0.717, 1.165) is 10.0 Å². The molecule has 14 heavy (non-hydrogen) atoms. The van der Waals surface area contributed by atoms with Gasteiger partial charge in [-0.15, -0.1) is 10.2 Å². The van der Waals surface area contributed by atoms with Crippen molar-refractivity contribution in [1.29, 1.82) is 0 Å². The molecular weight excluding hydrogens is 359 g/mol. The molecule has 0 aliphatic heterocycles. The van der Waals surface area contributed by atoms with Crippen molar-refractivity contribution in [3.05, 3.63) is 32.1 Å². The highest BCUT2D eigenvalue weighted by Crippen LogP contribution is 2.24. The van der Waals surface area contributed by atoms with E-state index in [1.165, 1.54) is 5.56 Å². The second-order valence-electron chi connectivity index (χ2n) is 2.82. The van der Waals surface area contributed by atoms with Gasteiger partial charge in [0.2, 0.25) is 5.89 Å². The maximum absolute atomic E-state index is 5.31. The highest BCUT2D eigenvalue weighted by molar-refractivity contribution is 14.1. The van der Waals surface area contributed by atoms with Gasteiger partial charge >= 0.3 is 0 Å². The van der Waals surface area contributed by atoms with Gasteiger partial charge in [-0.05, 0) is 24.6 Å². The highest BCUT2D eigenvalue weighted by atomic mass is 127. The molecule has 0 saturated carbocycles. The van der Waals surface area contributed by atoms with Crippen molar-refractivity contribution >= 4 is 38.5 Å². The summed E-state index contributed by atoms with van der Waals surface area (Å²) in [7, 11) is 0. The topological polar surface area (TPSA) is 38.9 Å². The third-order valence-corrected chi connectivity index (χ3v) is 3.11. The Morgan fingerprint density at radius 3 is 2.71 bits per heavy atom. The lowest BCUT2D eigenvalue weighted by Gasteiger charge is -1.99. The first-order valence-corrected chi connectivity index (χ1v) is 5.79. The van der Waals surface area contributed by atoms with Gasteiger partial charge in [0, 0.05) is 32.6 Å². The Morgan fingerprint density at radius 1 is 1.36 bits per heavy atom. The number of nitrogens with zero attached hydrogens (tertiary/aromatic N) is 2. The number of hydrogen-bond donors (Lipinski definition) is 0. The van der Waals surface area contributed by atoms with Crippen LogP contribution < -0.4 is 0 Å². The van der Waals surface area contributed by atoms with Gasteiger partial charge in [0.25, 0.3) is 3.90 Å². The van der Waals surface area contributed by atoms with E-state index < -0.39 is 0 Å². The van der Waals surface area contributed by atoms with Crippen molar-refractivity contribution in [2.75, 3.05) is 0 Å². The third kappa shape index (κ3) is 1.98. The lowest BCUT2D eigenvalue weighted by atomic mass is 10.1. The molecule has 0 bridgehead atoms. The lowest BCUT2D eigenvalue weighted by molar-refractivity contribution is 0.537. The molecule has 3 nitrogen and oxygen atoms in total. The Kier molecular flexibility index (Phi) is 2.87. The zero-order valence-electron chi connectivity index (χ0n) is 7.29. The number of rotatable bonds is 1. The fourth-order valence-corrected chi connectivity index (χ4v) is 1.74. The van der Waals surface area contributed by atoms with Crippen molar-refractivity contribution in [2.45, 2.75) is 6.92 Å². The lowest BCUT2D eigenvalue weighted by Crippen LogP contribution is -1.80. The summed E-state index contributed by atoms with van der Waals surface area (Å²) >= 11 is 5.45. The van der Waals surface area contributed by atoms with E-state index in [1.54, 1.807) is 0 Å². The standard InChI is InChI=1S/C9H6BrIN2O/c1-5-2-3-6(4-7(5)10)8-12-13-9(11)14-8/h2-4H,1H3. The SMILES string of the molecule is Cc1ccc(-c2nnc(I)o2)cc1Br. The third-order valence-electron chi connectivity index (χ3n) is 1.82. The van der Waals surface area contributed by atoms with Crippen LogP contribution in [0.1, 0.15) is 5.56 Å². The first kappa shape index (κ1) is 10.1. The summed E-state index contributed by atoms with van der Waals surface area (Å²) in [6, 6.07) is 5.94. The van der Waals surface area contributed by atoms with Gasteiger partial charge in [-0.25, -0.2) is 0 Å². The van der Waals surface area contributed by atoms with Crippen LogP contribution in [0.3, 0.4) is 0 Å². The minimum Gasteiger partial charge on any atom is -0.412 e. The van der Waals surface area contributed by atoms with Gasteiger partial charge in [-0.1, -0.05) is 22.0 Å². The molecule has 1 aromatic heterocycles. The molecule has 0 radical (unpaired) electrons. The Hall–Kier alpha value is -0.430. The van der Waals surface area contributed by atoms with Crippen molar-refractivity contribution in [3.8, 4) is 11.5 Å². The molecular formula is C9H6BrIN2O. The molecule has 1 heterocycles. The average molecular weight is 365 g/mol. The zero-order chi connectivity index (χ0) is 10.1. The molecule has 2 aromatic rings. The molecule has 2 rings (SSSR count). The summed E-state index contributed by atoms with van der Waals surface area (Å²) in [5.41, 5.74) is 2.11. The van der Waals surface area contributed by atoms with Crippen molar-refractivity contribution in [3.63, 3.8) is 0 Å². The summed E-state index contributed by atoms with van der Waals surface area (Å²) in [6.07, 6.45) is 0. The zero-order valence-corrected chi connectivity index (χ0v) is 11.0. The van der Waals surface area contributed by atoms with E-state index >= 15 is 0 Å². The first-order valence-electron chi connectivity index (χ1n) is 3.92. The fraction of sp³-hybridized carbons (Fsp3) is 0.111. The smallest absolute Gasteiger partial charge is 0.278 e. The molecule has 0 unspecified atom stereocenters. The van der Waals surface area contributed by atoms with Crippen LogP contribution in [-0.2, 0) is 0 Å². The van der Waals surface area contributed by atoms with Gasteiger partial charge in [-0.2, -0.15) is 0 Å². The Balaban J connectivity index is 2.47. The second kappa shape index (κ2) is 3.98. The highest BCUT2D eigenvalue weighted by Gasteiger charge is 2.07. The number of benzene rings is 1. The molecule has 0 aliphatic carbocycles. The van der Waals surface area contributed by atoms with Gasteiger partial charge in [0.15, 0.2) is 0 Å². The maximum atomic E-state index is 5.31. The summed E-state index contributed by atoms with van der Waals surface area (Å²) in [4.78, 5) is 0. The van der Waals surface area contributed by atoms with Crippen LogP contribution >= 0.6 is 38.5 Å². The molecule has 1 aromatic carbocycles. The Labute approximate surface area is 103 Å². The Morgan fingerprint density at radius 2 is 2.14 bits per heavy atom. The molecule has 0 fully saturated rings. The normalized spacial score (nSPS) is 10.5. The van der Waals surface area contributed by atoms with Gasteiger partial charge in [0.1, 0.15) is 0 Å². The van der Waals surface area contributed by atoms with Crippen LogP contribution in [0.25, 0.3) is 11.5 Å². The van der Waals surface area contributed by atoms with E-state index in [2.05, 4.69) is 26.1 Å². The number of aromatic nitrogens is 2. The largest absolute Gasteiger partial charge is 0.412 e. The average Bonchev–Trinajstić information content (AvgIpc) is 2.57. The minimum atomic E-state index is 0.550. The van der Waals surface area contributed by atoms with E-state index in [0.29, 0.717) is 9.79 Å². The second-order valence-corrected chi connectivity index (χ2v) is 4.60. The number of hydrogen-bond acceptors (Lipinski definition) is 3. The predicted octanol–water partition coefficient (Wildman–Crippen LogP) is 3.41. The van der Waals surface area contributed by atoms with Crippen molar-refractivity contribution < 1.29 is 4.42 Å². The summed E-state index contributed by atoms with van der Waals surface area (Å²) in [5.74, 6) is 0.551. The molecule has 0 atom stereocenters. The van der Waals surface area contributed by atoms with Crippen molar-refractivity contribution in [1.82, 2.24) is 10.2 Å². The van der Waals surface area contributed by atoms with Gasteiger partial charge in [0.05, 0.1) is 0 Å². The Bertz CT molecular complexity index is 470. The monoisotopic (exact) mass is 364 g/mol. The quantitative estimate of drug-likeness (QED) is 0.728. The molecule has 0 amide bonds. The van der Waals surface area contributed by atoms with Crippen LogP contribution in [-0.4, -0.2) is 10.2 Å². The van der Waals surface area contributed by atoms with Crippen LogP contribution in [0.2, 0.25) is 0 Å². The molecule has 0 N–H and O–H groups in total. The summed E-state index contributed by atoms with van der Waals surface area (Å²) < 4.78 is 6.90. The number of halogens is 2. The van der Waals surface area contributed by atoms with E-state index in [4.69, 9.17) is 4.42 Å². The molecule has 72 valence electrons. The molecule has 0 spiro atoms. The fourth-order valence-electron chi connectivity index (χ4n) is 1.05. The van der Waals surface area contributed by atoms with Gasteiger partial charge < -0.3 is 4.42 Å². The first-order chi connectivity index (χ1) is 6.66.